The molecule has 1 amide bonds. The van der Waals surface area contributed by atoms with Crippen molar-refractivity contribution >= 4 is 5.91 Å². The van der Waals surface area contributed by atoms with Gasteiger partial charge in [-0.1, -0.05) is 291 Å². The first-order chi connectivity index (χ1) is 30.3. The van der Waals surface area contributed by atoms with Crippen LogP contribution >= 0.6 is 0 Å². The van der Waals surface area contributed by atoms with Crippen LogP contribution in [0.25, 0.3) is 0 Å². The van der Waals surface area contributed by atoms with Crippen LogP contribution < -0.4 is 26.9 Å². The molecule has 0 aliphatic rings. The molecule has 0 aliphatic heterocycles. The van der Waals surface area contributed by atoms with E-state index in [9.17, 15) is 4.79 Å². The fourth-order valence-electron chi connectivity index (χ4n) is 10.0. The SMILES string of the molecule is CCCCCCCCCCCCCCCCCCC(CCCCCCCCCCCCCCCCCC)CCCCC(CCC(C)CCCC(C)C)NC(=O)Cn1cc[n+](C)c1.[Br-]. The van der Waals surface area contributed by atoms with Crippen LogP contribution in [0.3, 0.4) is 0 Å². The zero-order valence-corrected chi connectivity index (χ0v) is 45.4. The number of amides is 1. The molecule has 0 aromatic carbocycles. The lowest BCUT2D eigenvalue weighted by atomic mass is 9.88. The van der Waals surface area contributed by atoms with Crippen molar-refractivity contribution in [3.8, 4) is 0 Å². The highest BCUT2D eigenvalue weighted by Gasteiger charge is 2.17. The van der Waals surface area contributed by atoms with Gasteiger partial charge in [0.2, 0.25) is 6.33 Å². The second kappa shape index (κ2) is 47.6. The fraction of sp³-hybridized carbons (Fsp3) is 0.931. The Morgan fingerprint density at radius 1 is 0.460 bits per heavy atom. The summed E-state index contributed by atoms with van der Waals surface area (Å²) in [7, 11) is 2.02. The summed E-state index contributed by atoms with van der Waals surface area (Å²) >= 11 is 0. The third-order valence-electron chi connectivity index (χ3n) is 14.3. The Balaban J connectivity index is 0.0000384. The summed E-state index contributed by atoms with van der Waals surface area (Å²) in [5, 5.41) is 3.49. The average molecular weight is 949 g/mol. The summed E-state index contributed by atoms with van der Waals surface area (Å²) in [4.78, 5) is 13.2. The number of unbranched alkanes of at least 4 members (excludes halogenated alkanes) is 31. The number of halogens is 1. The molecule has 2 atom stereocenters. The van der Waals surface area contributed by atoms with Gasteiger partial charge in [-0.3, -0.25) is 4.79 Å². The number of aromatic nitrogens is 2. The molecule has 1 heterocycles. The molecule has 2 unspecified atom stereocenters. The van der Waals surface area contributed by atoms with Crippen molar-refractivity contribution < 1.29 is 26.3 Å². The van der Waals surface area contributed by atoms with Crippen molar-refractivity contribution in [1.29, 1.82) is 0 Å². The van der Waals surface area contributed by atoms with Crippen LogP contribution in [0.2, 0.25) is 0 Å². The smallest absolute Gasteiger partial charge is 0.262 e. The van der Waals surface area contributed by atoms with E-state index in [2.05, 4.69) is 39.9 Å². The van der Waals surface area contributed by atoms with E-state index in [0.29, 0.717) is 12.6 Å². The Hall–Kier alpha value is -0.840. The van der Waals surface area contributed by atoms with E-state index in [1.807, 2.05) is 34.9 Å². The second-order valence-electron chi connectivity index (χ2n) is 21.4. The van der Waals surface area contributed by atoms with E-state index in [1.54, 1.807) is 0 Å². The molecule has 1 aromatic heterocycles. The van der Waals surface area contributed by atoms with Gasteiger partial charge < -0.3 is 22.3 Å². The van der Waals surface area contributed by atoms with Crippen LogP contribution in [0.1, 0.15) is 311 Å². The average Bonchev–Trinajstić information content (AvgIpc) is 3.66. The number of aryl methyl sites for hydroxylation is 1. The van der Waals surface area contributed by atoms with Crippen LogP contribution in [0.15, 0.2) is 18.7 Å². The lowest BCUT2D eigenvalue weighted by Crippen LogP contribution is -3.00. The predicted octanol–water partition coefficient (Wildman–Crippen LogP) is 15.5. The van der Waals surface area contributed by atoms with Gasteiger partial charge in [-0.05, 0) is 37.0 Å². The molecule has 0 aliphatic carbocycles. The van der Waals surface area contributed by atoms with Crippen LogP contribution in [0.5, 0.6) is 0 Å². The normalized spacial score (nSPS) is 12.6. The van der Waals surface area contributed by atoms with Gasteiger partial charge in [0.1, 0.15) is 12.4 Å². The van der Waals surface area contributed by atoms with E-state index < -0.39 is 0 Å². The lowest BCUT2D eigenvalue weighted by molar-refractivity contribution is -0.671. The Morgan fingerprint density at radius 2 is 0.825 bits per heavy atom. The maximum absolute atomic E-state index is 13.2. The van der Waals surface area contributed by atoms with E-state index >= 15 is 0 Å². The van der Waals surface area contributed by atoms with Crippen LogP contribution in [0.4, 0.5) is 0 Å². The van der Waals surface area contributed by atoms with Gasteiger partial charge in [0.25, 0.3) is 5.91 Å². The highest BCUT2D eigenvalue weighted by atomic mass is 79.9. The zero-order chi connectivity index (χ0) is 45.0. The molecule has 0 saturated heterocycles. The van der Waals surface area contributed by atoms with Gasteiger partial charge in [-0.2, -0.15) is 0 Å². The standard InChI is InChI=1S/C58H113N3O.BrH/c1-7-9-11-13-15-17-19-21-23-25-27-29-31-33-35-37-44-56(45-38-36-34-32-30-28-26-24-22-20-18-16-14-12-10-8-2)46-39-40-47-57(49-48-55(5)43-41-42-54(3)4)59-58(62)52-61-51-50-60(6)53-61;/h50-51,53-57H,7-49,52H2,1-6H3;1H. The first-order valence-electron chi connectivity index (χ1n) is 28.6. The van der Waals surface area contributed by atoms with Gasteiger partial charge in [-0.25, -0.2) is 9.13 Å². The van der Waals surface area contributed by atoms with Gasteiger partial charge in [0.15, 0.2) is 6.54 Å². The van der Waals surface area contributed by atoms with Crippen molar-refractivity contribution in [2.24, 2.45) is 24.8 Å². The molecule has 1 N–H and O–H groups in total. The molecule has 0 fully saturated rings. The number of imidazole rings is 1. The van der Waals surface area contributed by atoms with Crippen molar-refractivity contribution in [2.75, 3.05) is 0 Å². The third kappa shape index (κ3) is 43.5. The van der Waals surface area contributed by atoms with Crippen molar-refractivity contribution in [2.45, 2.75) is 323 Å². The molecule has 5 heteroatoms. The van der Waals surface area contributed by atoms with Gasteiger partial charge in [0, 0.05) is 6.04 Å². The summed E-state index contributed by atoms with van der Waals surface area (Å²) in [6.07, 6.45) is 66.7. The summed E-state index contributed by atoms with van der Waals surface area (Å²) < 4.78 is 4.02. The monoisotopic (exact) mass is 948 g/mol. The van der Waals surface area contributed by atoms with Crippen LogP contribution in [-0.2, 0) is 18.4 Å². The minimum atomic E-state index is 0. The Bertz CT molecular complexity index is 1020. The summed E-state index contributed by atoms with van der Waals surface area (Å²) in [5.74, 6) is 2.60. The second-order valence-corrected chi connectivity index (χ2v) is 21.4. The van der Waals surface area contributed by atoms with E-state index in [1.165, 1.54) is 263 Å². The Morgan fingerprint density at radius 3 is 1.19 bits per heavy atom. The zero-order valence-electron chi connectivity index (χ0n) is 43.8. The number of rotatable bonds is 49. The highest BCUT2D eigenvalue weighted by molar-refractivity contribution is 5.76. The molecule has 0 saturated carbocycles. The van der Waals surface area contributed by atoms with Crippen molar-refractivity contribution in [1.82, 2.24) is 9.88 Å². The van der Waals surface area contributed by atoms with E-state index in [4.69, 9.17) is 0 Å². The molecule has 1 aromatic rings. The molecule has 0 bridgehead atoms. The number of hydrogen-bond acceptors (Lipinski definition) is 1. The predicted molar refractivity (Wildman–Crippen MR) is 275 cm³/mol. The quantitative estimate of drug-likeness (QED) is 0.0513. The minimum Gasteiger partial charge on any atom is -1.00 e. The summed E-state index contributed by atoms with van der Waals surface area (Å²) in [5.41, 5.74) is 0. The van der Waals surface area contributed by atoms with E-state index in [-0.39, 0.29) is 22.9 Å². The maximum atomic E-state index is 13.2. The molecule has 0 radical (unpaired) electrons. The lowest BCUT2D eigenvalue weighted by Gasteiger charge is -2.22. The number of carbonyl (C=O) groups excluding carboxylic acids is 1. The van der Waals surface area contributed by atoms with Crippen molar-refractivity contribution in [3.05, 3.63) is 18.7 Å². The largest absolute Gasteiger partial charge is 1.00 e. The van der Waals surface area contributed by atoms with Crippen LogP contribution in [0, 0.1) is 17.8 Å². The summed E-state index contributed by atoms with van der Waals surface area (Å²) in [6.45, 7) is 12.2. The molecule has 374 valence electrons. The van der Waals surface area contributed by atoms with E-state index in [0.717, 1.165) is 30.6 Å². The molecule has 0 spiro atoms. The number of hydrogen-bond donors (Lipinski definition) is 1. The van der Waals surface area contributed by atoms with Gasteiger partial charge in [0.05, 0.1) is 7.05 Å². The minimum absolute atomic E-state index is 0. The fourth-order valence-corrected chi connectivity index (χ4v) is 10.0. The van der Waals surface area contributed by atoms with Crippen LogP contribution in [-0.4, -0.2) is 16.5 Å². The van der Waals surface area contributed by atoms with Gasteiger partial charge >= 0.3 is 0 Å². The van der Waals surface area contributed by atoms with Gasteiger partial charge in [-0.15, -0.1) is 0 Å². The molecule has 4 nitrogen and oxygen atoms in total. The molecule has 63 heavy (non-hydrogen) atoms. The van der Waals surface area contributed by atoms with Crippen molar-refractivity contribution in [3.63, 3.8) is 0 Å². The number of nitrogens with one attached hydrogen (secondary N) is 1. The number of nitrogens with zero attached hydrogens (tertiary/aromatic N) is 2. The Kier molecular flexibility index (Phi) is 47.0. The first-order valence-corrected chi connectivity index (χ1v) is 28.6. The Labute approximate surface area is 407 Å². The highest BCUT2D eigenvalue weighted by Crippen LogP contribution is 2.26. The summed E-state index contributed by atoms with van der Waals surface area (Å²) in [6, 6.07) is 0.304. The molecule has 1 rings (SSSR count). The molecular weight excluding hydrogens is 835 g/mol. The third-order valence-corrected chi connectivity index (χ3v) is 14.3. The topological polar surface area (TPSA) is 37.9 Å². The number of carbonyl (C=O) groups is 1. The maximum Gasteiger partial charge on any atom is 0.262 e. The first kappa shape index (κ1) is 62.2. The molecular formula is C58H114BrN3O.